The Balaban J connectivity index is 2.08. The van der Waals surface area contributed by atoms with E-state index in [1.54, 1.807) is 12.4 Å². The highest BCUT2D eigenvalue weighted by atomic mass is 16.2. The second-order valence-electron chi connectivity index (χ2n) is 5.59. The van der Waals surface area contributed by atoms with Gasteiger partial charge in [-0.1, -0.05) is 31.7 Å². The summed E-state index contributed by atoms with van der Waals surface area (Å²) in [6, 6.07) is 5.95. The molecule has 0 spiro atoms. The lowest BCUT2D eigenvalue weighted by Gasteiger charge is -2.26. The van der Waals surface area contributed by atoms with Gasteiger partial charge in [0.25, 0.3) is 0 Å². The monoisotopic (exact) mass is 271 g/mol. The molecule has 1 N–H and O–H groups in total. The Labute approximate surface area is 120 Å². The first-order chi connectivity index (χ1) is 9.68. The Bertz CT molecular complexity index is 484. The predicted molar refractivity (Wildman–Crippen MR) is 76.5 cm³/mol. The summed E-state index contributed by atoms with van der Waals surface area (Å²) in [4.78, 5) is 16.6. The summed E-state index contributed by atoms with van der Waals surface area (Å²) in [5.74, 6) is -0.127. The van der Waals surface area contributed by atoms with Crippen molar-refractivity contribution in [2.45, 2.75) is 51.5 Å². The Kier molecular flexibility index (Phi) is 4.73. The standard InChI is InChI=1S/C16H21N3O/c1-13(14-7-6-10-18-11-14)19-15(20)16(12-17)8-4-2-3-5-9-16/h6-7,10-11,13H,2-5,8-9H2,1H3,(H,19,20). The fourth-order valence-electron chi connectivity index (χ4n) is 2.77. The number of rotatable bonds is 3. The Morgan fingerprint density at radius 1 is 1.40 bits per heavy atom. The number of pyridine rings is 1. The van der Waals surface area contributed by atoms with Gasteiger partial charge in [-0.05, 0) is 31.4 Å². The van der Waals surface area contributed by atoms with Gasteiger partial charge in [0.15, 0.2) is 0 Å². The summed E-state index contributed by atoms with van der Waals surface area (Å²) in [7, 11) is 0. The van der Waals surface area contributed by atoms with Crippen LogP contribution in [-0.2, 0) is 4.79 Å². The van der Waals surface area contributed by atoms with Crippen molar-refractivity contribution in [2.75, 3.05) is 0 Å². The van der Waals surface area contributed by atoms with Crippen LogP contribution in [0.1, 0.15) is 57.1 Å². The smallest absolute Gasteiger partial charge is 0.240 e. The Morgan fingerprint density at radius 2 is 2.10 bits per heavy atom. The van der Waals surface area contributed by atoms with Crippen LogP contribution in [0.15, 0.2) is 24.5 Å². The molecule has 0 aromatic carbocycles. The van der Waals surface area contributed by atoms with E-state index in [1.165, 1.54) is 0 Å². The van der Waals surface area contributed by atoms with E-state index in [1.807, 2.05) is 19.1 Å². The molecule has 1 aliphatic carbocycles. The van der Waals surface area contributed by atoms with Crippen molar-refractivity contribution in [3.63, 3.8) is 0 Å². The third kappa shape index (κ3) is 3.16. The van der Waals surface area contributed by atoms with Crippen LogP contribution in [0, 0.1) is 16.7 Å². The number of nitriles is 1. The molecule has 0 aliphatic heterocycles. The minimum Gasteiger partial charge on any atom is -0.348 e. The van der Waals surface area contributed by atoms with E-state index in [9.17, 15) is 10.1 Å². The van der Waals surface area contributed by atoms with Crippen molar-refractivity contribution in [3.05, 3.63) is 30.1 Å². The number of hydrogen-bond donors (Lipinski definition) is 1. The molecule has 20 heavy (non-hydrogen) atoms. The fraction of sp³-hybridized carbons (Fsp3) is 0.562. The lowest BCUT2D eigenvalue weighted by atomic mass is 9.80. The molecule has 1 amide bonds. The molecular formula is C16H21N3O. The molecule has 0 radical (unpaired) electrons. The zero-order valence-corrected chi connectivity index (χ0v) is 11.9. The molecule has 106 valence electrons. The maximum absolute atomic E-state index is 12.5. The number of amides is 1. The Morgan fingerprint density at radius 3 is 2.65 bits per heavy atom. The number of hydrogen-bond acceptors (Lipinski definition) is 3. The number of nitrogens with zero attached hydrogens (tertiary/aromatic N) is 2. The van der Waals surface area contributed by atoms with Crippen molar-refractivity contribution in [2.24, 2.45) is 5.41 Å². The van der Waals surface area contributed by atoms with Crippen LogP contribution < -0.4 is 5.32 Å². The zero-order valence-electron chi connectivity index (χ0n) is 11.9. The van der Waals surface area contributed by atoms with Crippen LogP contribution >= 0.6 is 0 Å². The van der Waals surface area contributed by atoms with Crippen LogP contribution in [0.3, 0.4) is 0 Å². The molecule has 0 saturated heterocycles. The molecule has 1 aromatic heterocycles. The zero-order chi connectivity index (χ0) is 14.4. The van der Waals surface area contributed by atoms with Crippen molar-refractivity contribution in [1.29, 1.82) is 5.26 Å². The van der Waals surface area contributed by atoms with Crippen molar-refractivity contribution in [3.8, 4) is 6.07 Å². The predicted octanol–water partition coefficient (Wildman–Crippen LogP) is 3.12. The summed E-state index contributed by atoms with van der Waals surface area (Å²) in [5, 5.41) is 12.5. The van der Waals surface area contributed by atoms with Crippen LogP contribution in [0.2, 0.25) is 0 Å². The van der Waals surface area contributed by atoms with Gasteiger partial charge in [0.2, 0.25) is 5.91 Å². The lowest BCUT2D eigenvalue weighted by molar-refractivity contribution is -0.129. The maximum atomic E-state index is 12.5. The number of aromatic nitrogens is 1. The largest absolute Gasteiger partial charge is 0.348 e. The normalized spacial score (nSPS) is 19.4. The van der Waals surface area contributed by atoms with E-state index >= 15 is 0 Å². The third-order valence-corrected chi connectivity index (χ3v) is 4.14. The minimum atomic E-state index is -0.840. The van der Waals surface area contributed by atoms with Crippen LogP contribution in [0.5, 0.6) is 0 Å². The number of nitrogens with one attached hydrogen (secondary N) is 1. The SMILES string of the molecule is CC(NC(=O)C1(C#N)CCCCCC1)c1cccnc1. The molecule has 1 atom stereocenters. The van der Waals surface area contributed by atoms with Gasteiger partial charge in [-0.15, -0.1) is 0 Å². The number of carbonyl (C=O) groups is 1. The van der Waals surface area contributed by atoms with Crippen molar-refractivity contribution < 1.29 is 4.79 Å². The van der Waals surface area contributed by atoms with Gasteiger partial charge >= 0.3 is 0 Å². The third-order valence-electron chi connectivity index (χ3n) is 4.14. The van der Waals surface area contributed by atoms with Crippen LogP contribution in [0.25, 0.3) is 0 Å². The summed E-state index contributed by atoms with van der Waals surface area (Å²) in [6.07, 6.45) is 8.97. The fourth-order valence-corrected chi connectivity index (χ4v) is 2.77. The van der Waals surface area contributed by atoms with Gasteiger partial charge in [0, 0.05) is 12.4 Å². The average molecular weight is 271 g/mol. The molecule has 4 heteroatoms. The summed E-state index contributed by atoms with van der Waals surface area (Å²) in [5.41, 5.74) is 0.120. The van der Waals surface area contributed by atoms with E-state index in [0.717, 1.165) is 31.2 Å². The maximum Gasteiger partial charge on any atom is 0.240 e. The van der Waals surface area contributed by atoms with Crippen molar-refractivity contribution in [1.82, 2.24) is 10.3 Å². The quantitative estimate of drug-likeness (QED) is 0.859. The highest BCUT2D eigenvalue weighted by molar-refractivity contribution is 5.85. The number of carbonyl (C=O) groups excluding carboxylic acids is 1. The van der Waals surface area contributed by atoms with E-state index in [2.05, 4.69) is 16.4 Å². The lowest BCUT2D eigenvalue weighted by Crippen LogP contribution is -2.41. The second-order valence-corrected chi connectivity index (χ2v) is 5.59. The molecule has 0 bridgehead atoms. The molecule has 2 rings (SSSR count). The highest BCUT2D eigenvalue weighted by Crippen LogP contribution is 2.35. The average Bonchev–Trinajstić information content (AvgIpc) is 2.74. The molecule has 1 fully saturated rings. The summed E-state index contributed by atoms with van der Waals surface area (Å²) >= 11 is 0. The van der Waals surface area contributed by atoms with Crippen LogP contribution in [-0.4, -0.2) is 10.9 Å². The van der Waals surface area contributed by atoms with Gasteiger partial charge < -0.3 is 5.32 Å². The van der Waals surface area contributed by atoms with E-state index < -0.39 is 5.41 Å². The van der Waals surface area contributed by atoms with E-state index in [4.69, 9.17) is 0 Å². The highest BCUT2D eigenvalue weighted by Gasteiger charge is 2.39. The molecule has 1 aromatic rings. The Hall–Kier alpha value is -1.89. The minimum absolute atomic E-state index is 0.121. The van der Waals surface area contributed by atoms with Gasteiger partial charge in [0.05, 0.1) is 12.1 Å². The van der Waals surface area contributed by atoms with Gasteiger partial charge in [0.1, 0.15) is 5.41 Å². The second kappa shape index (κ2) is 6.51. The first-order valence-electron chi connectivity index (χ1n) is 7.30. The van der Waals surface area contributed by atoms with Gasteiger partial charge in [-0.2, -0.15) is 5.26 Å². The van der Waals surface area contributed by atoms with E-state index in [-0.39, 0.29) is 11.9 Å². The van der Waals surface area contributed by atoms with Crippen molar-refractivity contribution >= 4 is 5.91 Å². The summed E-state index contributed by atoms with van der Waals surface area (Å²) in [6.45, 7) is 1.93. The van der Waals surface area contributed by atoms with E-state index in [0.29, 0.717) is 12.8 Å². The first kappa shape index (κ1) is 14.5. The summed E-state index contributed by atoms with van der Waals surface area (Å²) < 4.78 is 0. The van der Waals surface area contributed by atoms with Gasteiger partial charge in [-0.25, -0.2) is 0 Å². The molecular weight excluding hydrogens is 250 g/mol. The topological polar surface area (TPSA) is 65.8 Å². The molecule has 4 nitrogen and oxygen atoms in total. The van der Waals surface area contributed by atoms with Crippen LogP contribution in [0.4, 0.5) is 0 Å². The molecule has 1 unspecified atom stereocenters. The van der Waals surface area contributed by atoms with Gasteiger partial charge in [-0.3, -0.25) is 9.78 Å². The molecule has 1 heterocycles. The molecule has 1 saturated carbocycles. The first-order valence-corrected chi connectivity index (χ1v) is 7.30. The molecule has 1 aliphatic rings.